The van der Waals surface area contributed by atoms with Gasteiger partial charge in [0.2, 0.25) is 5.91 Å². The van der Waals surface area contributed by atoms with Crippen molar-refractivity contribution < 1.29 is 9.21 Å². The van der Waals surface area contributed by atoms with Gasteiger partial charge in [0.25, 0.3) is 0 Å². The molecule has 0 unspecified atom stereocenters. The summed E-state index contributed by atoms with van der Waals surface area (Å²) in [5.41, 5.74) is 7.96. The van der Waals surface area contributed by atoms with Gasteiger partial charge in [-0.3, -0.25) is 4.79 Å². The quantitative estimate of drug-likeness (QED) is 0.899. The highest BCUT2D eigenvalue weighted by molar-refractivity contribution is 5.96. The number of hydrogen-bond acceptors (Lipinski definition) is 4. The number of nitrogens with zero attached hydrogens (tertiary/aromatic N) is 1. The Balaban J connectivity index is 0.00000200. The molecule has 0 saturated heterocycles. The highest BCUT2D eigenvalue weighted by Gasteiger charge is 2.15. The lowest BCUT2D eigenvalue weighted by molar-refractivity contribution is -0.117. The van der Waals surface area contributed by atoms with Crippen LogP contribution in [0.4, 0.5) is 5.69 Å². The summed E-state index contributed by atoms with van der Waals surface area (Å²) < 4.78 is 5.38. The van der Waals surface area contributed by atoms with Gasteiger partial charge in [0.05, 0.1) is 6.04 Å². The van der Waals surface area contributed by atoms with E-state index < -0.39 is 6.04 Å². The molecule has 5 nitrogen and oxygen atoms in total. The van der Waals surface area contributed by atoms with Crippen molar-refractivity contribution in [3.05, 3.63) is 24.1 Å². The number of halogens is 2. The number of benzene rings is 1. The van der Waals surface area contributed by atoms with Crippen LogP contribution in [-0.2, 0) is 4.79 Å². The van der Waals surface area contributed by atoms with Gasteiger partial charge in [-0.2, -0.15) is 0 Å². The number of nitrogens with one attached hydrogen (secondary N) is 1. The second-order valence-electron chi connectivity index (χ2n) is 5.14. The lowest BCUT2D eigenvalue weighted by Crippen LogP contribution is -2.36. The normalized spacial score (nSPS) is 11.7. The maximum Gasteiger partial charge on any atom is 0.241 e. The van der Waals surface area contributed by atoms with Gasteiger partial charge in [-0.1, -0.05) is 13.8 Å². The molecule has 3 N–H and O–H groups in total. The van der Waals surface area contributed by atoms with E-state index >= 15 is 0 Å². The second kappa shape index (κ2) is 8.22. The van der Waals surface area contributed by atoms with Crippen LogP contribution in [0.15, 0.2) is 22.6 Å². The van der Waals surface area contributed by atoms with E-state index in [0.29, 0.717) is 29.5 Å². The van der Waals surface area contributed by atoms with E-state index in [1.54, 1.807) is 25.1 Å². The summed E-state index contributed by atoms with van der Waals surface area (Å²) in [4.78, 5) is 16.1. The Morgan fingerprint density at radius 3 is 2.67 bits per heavy atom. The summed E-state index contributed by atoms with van der Waals surface area (Å²) in [5, 5.41) is 2.80. The Morgan fingerprint density at radius 1 is 1.38 bits per heavy atom. The lowest BCUT2D eigenvalue weighted by Gasteiger charge is -2.14. The third-order valence-electron chi connectivity index (χ3n) is 2.82. The number of hydrogen-bond donors (Lipinski definition) is 2. The van der Waals surface area contributed by atoms with Crippen molar-refractivity contribution in [1.29, 1.82) is 0 Å². The fraction of sp³-hybridized carbons (Fsp3) is 0.429. The average molecular weight is 334 g/mol. The Bertz CT molecular complexity index is 599. The molecule has 0 spiro atoms. The standard InChI is InChI=1S/C14H19N3O2.2ClH/c1-8(2)6-11(15)14(18)17-10-4-5-13-12(7-10)16-9(3)19-13;;/h4-5,7-8,11H,6,15H2,1-3H3,(H,17,18);2*1H/t11-;;/m0../s1. The molecular weight excluding hydrogens is 313 g/mol. The smallest absolute Gasteiger partial charge is 0.241 e. The number of aromatic nitrogens is 1. The molecule has 118 valence electrons. The predicted octanol–water partition coefficient (Wildman–Crippen LogP) is 3.29. The number of amides is 1. The van der Waals surface area contributed by atoms with Crippen LogP contribution >= 0.6 is 24.8 Å². The molecule has 1 aromatic carbocycles. The molecule has 1 heterocycles. The van der Waals surface area contributed by atoms with E-state index in [4.69, 9.17) is 10.2 Å². The van der Waals surface area contributed by atoms with Crippen LogP contribution in [0, 0.1) is 12.8 Å². The minimum absolute atomic E-state index is 0. The number of aryl methyl sites for hydroxylation is 1. The molecule has 1 amide bonds. The number of carbonyl (C=O) groups excluding carboxylic acids is 1. The first-order valence-corrected chi connectivity index (χ1v) is 6.39. The van der Waals surface area contributed by atoms with Crippen LogP contribution in [0.25, 0.3) is 11.1 Å². The minimum atomic E-state index is -0.491. The van der Waals surface area contributed by atoms with Crippen LogP contribution in [0.3, 0.4) is 0 Å². The molecule has 2 rings (SSSR count). The van der Waals surface area contributed by atoms with Gasteiger partial charge in [0.1, 0.15) is 5.52 Å². The highest BCUT2D eigenvalue weighted by Crippen LogP contribution is 2.20. The number of anilines is 1. The number of carbonyl (C=O) groups is 1. The summed E-state index contributed by atoms with van der Waals surface area (Å²) >= 11 is 0. The highest BCUT2D eigenvalue weighted by atomic mass is 35.5. The first-order valence-electron chi connectivity index (χ1n) is 6.39. The average Bonchev–Trinajstić information content (AvgIpc) is 2.67. The van der Waals surface area contributed by atoms with Crippen molar-refractivity contribution in [1.82, 2.24) is 4.98 Å². The van der Waals surface area contributed by atoms with E-state index in [1.165, 1.54) is 0 Å². The largest absolute Gasteiger partial charge is 0.441 e. The van der Waals surface area contributed by atoms with Gasteiger partial charge in [-0.25, -0.2) is 4.98 Å². The van der Waals surface area contributed by atoms with E-state index in [2.05, 4.69) is 10.3 Å². The third kappa shape index (κ3) is 5.19. The third-order valence-corrected chi connectivity index (χ3v) is 2.82. The molecule has 0 aliphatic heterocycles. The summed E-state index contributed by atoms with van der Waals surface area (Å²) in [5.74, 6) is 0.824. The monoisotopic (exact) mass is 333 g/mol. The molecule has 0 aliphatic rings. The Hall–Kier alpha value is -1.30. The zero-order chi connectivity index (χ0) is 14.0. The molecule has 1 atom stereocenters. The number of fused-ring (bicyclic) bond motifs is 1. The SMILES string of the molecule is Cc1nc2cc(NC(=O)[C@@H](N)CC(C)C)ccc2o1.Cl.Cl. The number of oxazole rings is 1. The molecule has 7 heteroatoms. The molecule has 0 radical (unpaired) electrons. The maximum atomic E-state index is 11.9. The number of nitrogens with two attached hydrogens (primary N) is 1. The van der Waals surface area contributed by atoms with Gasteiger partial charge in [-0.05, 0) is 30.5 Å². The molecule has 0 bridgehead atoms. The summed E-state index contributed by atoms with van der Waals surface area (Å²) in [6.07, 6.45) is 0.664. The van der Waals surface area contributed by atoms with Gasteiger partial charge in [0.15, 0.2) is 11.5 Å². The fourth-order valence-corrected chi connectivity index (χ4v) is 1.97. The second-order valence-corrected chi connectivity index (χ2v) is 5.14. The van der Waals surface area contributed by atoms with Gasteiger partial charge in [0, 0.05) is 12.6 Å². The predicted molar refractivity (Wildman–Crippen MR) is 89.3 cm³/mol. The molecule has 0 aliphatic carbocycles. The van der Waals surface area contributed by atoms with Crippen molar-refractivity contribution in [2.75, 3.05) is 5.32 Å². The van der Waals surface area contributed by atoms with E-state index in [0.717, 1.165) is 5.52 Å². The Labute approximate surface area is 136 Å². The van der Waals surface area contributed by atoms with Crippen LogP contribution < -0.4 is 11.1 Å². The van der Waals surface area contributed by atoms with Crippen molar-refractivity contribution in [3.63, 3.8) is 0 Å². The maximum absolute atomic E-state index is 11.9. The van der Waals surface area contributed by atoms with Crippen molar-refractivity contribution in [2.45, 2.75) is 33.2 Å². The zero-order valence-electron chi connectivity index (χ0n) is 12.3. The molecule has 2 aromatic rings. The first kappa shape index (κ1) is 19.7. The minimum Gasteiger partial charge on any atom is -0.441 e. The zero-order valence-corrected chi connectivity index (χ0v) is 13.9. The molecular formula is C14H21Cl2N3O2. The Morgan fingerprint density at radius 2 is 2.05 bits per heavy atom. The number of rotatable bonds is 4. The van der Waals surface area contributed by atoms with E-state index in [-0.39, 0.29) is 30.7 Å². The molecule has 1 aromatic heterocycles. The molecule has 0 fully saturated rings. The summed E-state index contributed by atoms with van der Waals surface area (Å²) in [6.45, 7) is 5.87. The lowest BCUT2D eigenvalue weighted by atomic mass is 10.0. The first-order chi connectivity index (χ1) is 8.95. The van der Waals surface area contributed by atoms with Gasteiger partial charge in [-0.15, -0.1) is 24.8 Å². The van der Waals surface area contributed by atoms with Crippen LogP contribution in [0.1, 0.15) is 26.2 Å². The van der Waals surface area contributed by atoms with Crippen LogP contribution in [0.5, 0.6) is 0 Å². The van der Waals surface area contributed by atoms with Crippen molar-refractivity contribution in [2.24, 2.45) is 11.7 Å². The van der Waals surface area contributed by atoms with Crippen LogP contribution in [0.2, 0.25) is 0 Å². The fourth-order valence-electron chi connectivity index (χ4n) is 1.97. The van der Waals surface area contributed by atoms with E-state index in [9.17, 15) is 4.79 Å². The molecule has 0 saturated carbocycles. The van der Waals surface area contributed by atoms with Gasteiger partial charge < -0.3 is 15.5 Å². The van der Waals surface area contributed by atoms with Gasteiger partial charge >= 0.3 is 0 Å². The van der Waals surface area contributed by atoms with Crippen molar-refractivity contribution >= 4 is 47.5 Å². The van der Waals surface area contributed by atoms with Crippen LogP contribution in [-0.4, -0.2) is 16.9 Å². The summed E-state index contributed by atoms with van der Waals surface area (Å²) in [7, 11) is 0. The molecule has 21 heavy (non-hydrogen) atoms. The topological polar surface area (TPSA) is 81.2 Å². The Kier molecular flexibility index (Phi) is 7.71. The van der Waals surface area contributed by atoms with Crippen molar-refractivity contribution in [3.8, 4) is 0 Å². The summed E-state index contributed by atoms with van der Waals surface area (Å²) in [6, 6.07) is 4.87. The van der Waals surface area contributed by atoms with E-state index in [1.807, 2.05) is 13.8 Å².